The average molecular weight is 559 g/mol. The van der Waals surface area contributed by atoms with Crippen LogP contribution >= 0.6 is 11.3 Å². The number of hydrogen-bond donors (Lipinski definition) is 1. The first-order valence-corrected chi connectivity index (χ1v) is 13.0. The molecule has 206 valence electrons. The summed E-state index contributed by atoms with van der Waals surface area (Å²) in [4.78, 5) is 44.2. The number of Topliss-reactive ketones (excluding diaryl/α,β-unsaturated/α-hetero) is 1. The minimum atomic E-state index is -2.86. The van der Waals surface area contributed by atoms with Crippen molar-refractivity contribution in [1.82, 2.24) is 29.7 Å². The molecule has 0 radical (unpaired) electrons. The van der Waals surface area contributed by atoms with Gasteiger partial charge in [0.25, 0.3) is 6.43 Å². The lowest BCUT2D eigenvalue weighted by Gasteiger charge is -2.20. The number of amides is 1. The van der Waals surface area contributed by atoms with Crippen LogP contribution in [-0.4, -0.2) is 54.2 Å². The number of ether oxygens (including phenoxy) is 1. The van der Waals surface area contributed by atoms with E-state index in [-0.39, 0.29) is 24.2 Å². The number of pyridine rings is 1. The van der Waals surface area contributed by atoms with Gasteiger partial charge in [-0.3, -0.25) is 18.8 Å². The molecule has 4 aromatic rings. The van der Waals surface area contributed by atoms with E-state index in [0.717, 1.165) is 20.6 Å². The van der Waals surface area contributed by atoms with Crippen molar-refractivity contribution in [2.45, 2.75) is 53.1 Å². The average Bonchev–Trinajstić information content (AvgIpc) is 3.59. The van der Waals surface area contributed by atoms with Crippen LogP contribution in [0.2, 0.25) is 0 Å². The van der Waals surface area contributed by atoms with Crippen LogP contribution in [0.5, 0.6) is 0 Å². The molecule has 0 saturated carbocycles. The molecule has 4 aromatic heterocycles. The lowest BCUT2D eigenvalue weighted by Crippen LogP contribution is -2.37. The highest BCUT2D eigenvalue weighted by Crippen LogP contribution is 2.31. The van der Waals surface area contributed by atoms with Gasteiger partial charge in [-0.25, -0.2) is 18.4 Å². The van der Waals surface area contributed by atoms with Crippen molar-refractivity contribution < 1.29 is 27.9 Å². The number of nitrogens with zero attached hydrogens (tertiary/aromatic N) is 5. The summed E-state index contributed by atoms with van der Waals surface area (Å²) in [5.41, 5.74) is 0.154. The van der Waals surface area contributed by atoms with Crippen molar-refractivity contribution in [2.75, 3.05) is 6.54 Å². The maximum absolute atomic E-state index is 13.7. The molecule has 39 heavy (non-hydrogen) atoms. The number of nitrogens with one attached hydrogen (secondary N) is 1. The second kappa shape index (κ2) is 11.0. The van der Waals surface area contributed by atoms with Gasteiger partial charge in [0.2, 0.25) is 5.91 Å². The molecule has 0 spiro atoms. The van der Waals surface area contributed by atoms with E-state index in [2.05, 4.69) is 20.6 Å². The molecule has 0 bridgehead atoms. The zero-order valence-electron chi connectivity index (χ0n) is 22.1. The number of thiophene rings is 1. The summed E-state index contributed by atoms with van der Waals surface area (Å²) in [5, 5.41) is 9.92. The van der Waals surface area contributed by atoms with E-state index >= 15 is 0 Å². The molecule has 0 aliphatic carbocycles. The second-order valence-corrected chi connectivity index (χ2v) is 11.4. The van der Waals surface area contributed by atoms with Crippen LogP contribution in [0.25, 0.3) is 21.9 Å². The van der Waals surface area contributed by atoms with E-state index < -0.39 is 41.3 Å². The van der Waals surface area contributed by atoms with Crippen LogP contribution in [-0.2, 0) is 14.3 Å². The number of alkyl halides is 2. The zero-order valence-corrected chi connectivity index (χ0v) is 22.9. The van der Waals surface area contributed by atoms with Crippen molar-refractivity contribution in [1.29, 1.82) is 0 Å². The van der Waals surface area contributed by atoms with Crippen molar-refractivity contribution in [3.63, 3.8) is 0 Å². The highest BCUT2D eigenvalue weighted by atomic mass is 32.1. The van der Waals surface area contributed by atoms with Gasteiger partial charge in [0.05, 0.1) is 23.0 Å². The SMILES string of the molecule is Cc1ccc(-c2cnc3c(-n4nncc4C(F)F)cc(C(=O)C[C@@H](C)C(=O)NCC(=O)OC(C)(C)C)cn23)s1. The lowest BCUT2D eigenvalue weighted by atomic mass is 9.99. The normalized spacial score (nSPS) is 12.6. The lowest BCUT2D eigenvalue weighted by molar-refractivity contribution is -0.154. The molecule has 1 N–H and O–H groups in total. The van der Waals surface area contributed by atoms with Gasteiger partial charge in [0, 0.05) is 29.0 Å². The Morgan fingerprint density at radius 3 is 2.56 bits per heavy atom. The molecular formula is C26H28F2N6O4S. The molecule has 4 rings (SSSR count). The number of carbonyl (C=O) groups excluding carboxylic acids is 3. The van der Waals surface area contributed by atoms with E-state index in [0.29, 0.717) is 11.3 Å². The Hall–Kier alpha value is -4.00. The number of halogens is 2. The summed E-state index contributed by atoms with van der Waals surface area (Å²) in [6, 6.07) is 5.27. The first kappa shape index (κ1) is 28.0. The van der Waals surface area contributed by atoms with E-state index in [1.807, 2.05) is 19.1 Å². The smallest absolute Gasteiger partial charge is 0.325 e. The summed E-state index contributed by atoms with van der Waals surface area (Å²) in [7, 11) is 0. The minimum Gasteiger partial charge on any atom is -0.459 e. The summed E-state index contributed by atoms with van der Waals surface area (Å²) in [6.45, 7) is 8.34. The van der Waals surface area contributed by atoms with Crippen LogP contribution in [0, 0.1) is 12.8 Å². The fourth-order valence-corrected chi connectivity index (χ4v) is 4.79. The van der Waals surface area contributed by atoms with E-state index in [9.17, 15) is 23.2 Å². The van der Waals surface area contributed by atoms with E-state index in [4.69, 9.17) is 4.74 Å². The van der Waals surface area contributed by atoms with Gasteiger partial charge < -0.3 is 10.1 Å². The molecule has 0 saturated heterocycles. The molecule has 4 heterocycles. The van der Waals surface area contributed by atoms with Gasteiger partial charge in [0.1, 0.15) is 23.5 Å². The molecular weight excluding hydrogens is 530 g/mol. The third kappa shape index (κ3) is 6.36. The molecule has 1 amide bonds. The third-order valence-corrected chi connectivity index (χ3v) is 6.72. The second-order valence-electron chi connectivity index (χ2n) is 10.1. The highest BCUT2D eigenvalue weighted by molar-refractivity contribution is 7.15. The number of hydrogen-bond acceptors (Lipinski definition) is 8. The Kier molecular flexibility index (Phi) is 7.91. The Bertz CT molecular complexity index is 1530. The fourth-order valence-electron chi connectivity index (χ4n) is 3.91. The first-order valence-electron chi connectivity index (χ1n) is 12.1. The third-order valence-electron chi connectivity index (χ3n) is 5.69. The monoisotopic (exact) mass is 558 g/mol. The summed E-state index contributed by atoms with van der Waals surface area (Å²) < 4.78 is 35.2. The van der Waals surface area contributed by atoms with Crippen LogP contribution in [0.15, 0.2) is 36.8 Å². The minimum absolute atomic E-state index is 0.148. The van der Waals surface area contributed by atoms with Gasteiger partial charge in [0.15, 0.2) is 11.4 Å². The van der Waals surface area contributed by atoms with Gasteiger partial charge in [-0.2, -0.15) is 0 Å². The van der Waals surface area contributed by atoms with Crippen LogP contribution in [0.3, 0.4) is 0 Å². The largest absolute Gasteiger partial charge is 0.459 e. The van der Waals surface area contributed by atoms with E-state index in [1.165, 1.54) is 17.4 Å². The van der Waals surface area contributed by atoms with Crippen LogP contribution in [0.4, 0.5) is 8.78 Å². The molecule has 0 unspecified atom stereocenters. The number of esters is 1. The number of aryl methyl sites for hydroxylation is 1. The molecule has 0 fully saturated rings. The van der Waals surface area contributed by atoms with Crippen LogP contribution in [0.1, 0.15) is 61.5 Å². The van der Waals surface area contributed by atoms with Crippen molar-refractivity contribution in [2.24, 2.45) is 5.92 Å². The zero-order chi connectivity index (χ0) is 28.5. The highest BCUT2D eigenvalue weighted by Gasteiger charge is 2.25. The van der Waals surface area contributed by atoms with Crippen LogP contribution < -0.4 is 5.32 Å². The van der Waals surface area contributed by atoms with Gasteiger partial charge in [-0.05, 0) is 45.9 Å². The molecule has 13 heteroatoms. The van der Waals surface area contributed by atoms with Gasteiger partial charge in [-0.15, -0.1) is 16.4 Å². The maximum Gasteiger partial charge on any atom is 0.325 e. The maximum atomic E-state index is 13.7. The number of rotatable bonds is 9. The molecule has 0 aliphatic heterocycles. The van der Waals surface area contributed by atoms with E-state index in [1.54, 1.807) is 44.5 Å². The first-order chi connectivity index (χ1) is 18.3. The van der Waals surface area contributed by atoms with Crippen molar-refractivity contribution >= 4 is 34.6 Å². The Morgan fingerprint density at radius 2 is 1.92 bits per heavy atom. The summed E-state index contributed by atoms with van der Waals surface area (Å²) >= 11 is 1.52. The Labute approximate surface area is 227 Å². The predicted octanol–water partition coefficient (Wildman–Crippen LogP) is 4.56. The summed E-state index contributed by atoms with van der Waals surface area (Å²) in [5.74, 6) is -2.27. The standard InChI is InChI=1S/C26H28F2N6O4S/c1-14(25(37)30-12-22(36)38-26(3,4)5)8-20(35)16-9-17(34-19(23(27)28)11-31-32-34)24-29-10-18(33(24)13-16)21-7-6-15(2)39-21/h6-7,9-11,13-14,23H,8,12H2,1-5H3,(H,30,37)/t14-/m1/s1. The number of imidazole rings is 1. The van der Waals surface area contributed by atoms with Crippen molar-refractivity contribution in [3.8, 4) is 16.3 Å². The molecule has 10 nitrogen and oxygen atoms in total. The summed E-state index contributed by atoms with van der Waals surface area (Å²) in [6.07, 6.45) is 1.08. The quantitative estimate of drug-likeness (QED) is 0.236. The number of fused-ring (bicyclic) bond motifs is 1. The Balaban J connectivity index is 1.65. The Morgan fingerprint density at radius 1 is 1.18 bits per heavy atom. The van der Waals surface area contributed by atoms with Crippen molar-refractivity contribution in [3.05, 3.63) is 52.9 Å². The number of carbonyl (C=O) groups is 3. The topological polar surface area (TPSA) is 120 Å². The molecule has 0 aliphatic rings. The number of aromatic nitrogens is 5. The number of ketones is 1. The predicted molar refractivity (Wildman–Crippen MR) is 140 cm³/mol. The molecule has 1 atom stereocenters. The van der Waals surface area contributed by atoms with Gasteiger partial charge in [-0.1, -0.05) is 12.1 Å². The van der Waals surface area contributed by atoms with Gasteiger partial charge >= 0.3 is 5.97 Å². The fraction of sp³-hybridized carbons (Fsp3) is 0.385. The molecule has 0 aromatic carbocycles.